The third-order valence-corrected chi connectivity index (χ3v) is 5.53. The van der Waals surface area contributed by atoms with Crippen LogP contribution in [0.5, 0.6) is 0 Å². The molecular weight excluding hydrogens is 360 g/mol. The van der Waals surface area contributed by atoms with Crippen molar-refractivity contribution in [1.29, 1.82) is 0 Å². The second-order valence-corrected chi connectivity index (χ2v) is 7.76. The first-order valence-corrected chi connectivity index (χ1v) is 10.5. The number of benzene rings is 1. The van der Waals surface area contributed by atoms with Crippen molar-refractivity contribution in [2.75, 3.05) is 6.61 Å². The van der Waals surface area contributed by atoms with Gasteiger partial charge in [0.15, 0.2) is 5.78 Å². The number of carbonyl (C=O) groups excluding carboxylic acids is 1. The van der Waals surface area contributed by atoms with Gasteiger partial charge in [0.1, 0.15) is 12.4 Å². The number of Topliss-reactive ketones (excluding diaryl/α,β-unsaturated/α-hetero) is 1. The van der Waals surface area contributed by atoms with Gasteiger partial charge in [-0.1, -0.05) is 38.8 Å². The van der Waals surface area contributed by atoms with Crippen molar-refractivity contribution >= 4 is 17.6 Å². The Morgan fingerprint density at radius 3 is 2.89 bits per heavy atom. The van der Waals surface area contributed by atoms with E-state index in [0.29, 0.717) is 13.0 Å². The van der Waals surface area contributed by atoms with E-state index in [1.54, 1.807) is 6.33 Å². The molecule has 1 aromatic carbocycles. The molecule has 0 fully saturated rings. The largest absolute Gasteiger partial charge is 0.371 e. The van der Waals surface area contributed by atoms with Gasteiger partial charge >= 0.3 is 0 Å². The SMILES string of the molecule is CCCCCOC(c1cn(Cl)cn1)C1CCc2ccc(C(=O)CCC)cc21. The number of rotatable bonds is 10. The molecule has 0 radical (unpaired) electrons. The molecule has 0 saturated carbocycles. The van der Waals surface area contributed by atoms with Crippen molar-refractivity contribution in [2.45, 2.75) is 70.8 Å². The van der Waals surface area contributed by atoms with Crippen LogP contribution in [-0.4, -0.2) is 21.5 Å². The summed E-state index contributed by atoms with van der Waals surface area (Å²) in [7, 11) is 0. The zero-order chi connectivity index (χ0) is 19.2. The average molecular weight is 389 g/mol. The summed E-state index contributed by atoms with van der Waals surface area (Å²) in [6.45, 7) is 4.94. The Kier molecular flexibility index (Phi) is 7.08. The molecule has 1 aliphatic rings. The second kappa shape index (κ2) is 9.52. The molecule has 2 unspecified atom stereocenters. The van der Waals surface area contributed by atoms with E-state index in [2.05, 4.69) is 24.0 Å². The lowest BCUT2D eigenvalue weighted by Crippen LogP contribution is -2.15. The Hall–Kier alpha value is -1.65. The summed E-state index contributed by atoms with van der Waals surface area (Å²) in [6.07, 6.45) is 10.2. The average Bonchev–Trinajstić information content (AvgIpc) is 3.28. The molecule has 1 aromatic heterocycles. The molecule has 3 rings (SSSR count). The Morgan fingerprint density at radius 2 is 2.19 bits per heavy atom. The lowest BCUT2D eigenvalue weighted by molar-refractivity contribution is 0.0281. The number of hydrogen-bond acceptors (Lipinski definition) is 3. The van der Waals surface area contributed by atoms with Gasteiger partial charge in [0, 0.05) is 42.5 Å². The van der Waals surface area contributed by atoms with Crippen LogP contribution in [0.4, 0.5) is 0 Å². The summed E-state index contributed by atoms with van der Waals surface area (Å²) in [5.41, 5.74) is 4.24. The van der Waals surface area contributed by atoms with Gasteiger partial charge in [0.25, 0.3) is 0 Å². The number of aryl methyl sites for hydroxylation is 1. The fourth-order valence-electron chi connectivity index (χ4n) is 3.93. The van der Waals surface area contributed by atoms with Gasteiger partial charge in [-0.15, -0.1) is 0 Å². The van der Waals surface area contributed by atoms with E-state index in [9.17, 15) is 4.79 Å². The first kappa shape index (κ1) is 20.1. The van der Waals surface area contributed by atoms with Gasteiger partial charge in [0.2, 0.25) is 0 Å². The fraction of sp³-hybridized carbons (Fsp3) is 0.545. The van der Waals surface area contributed by atoms with E-state index >= 15 is 0 Å². The highest BCUT2D eigenvalue weighted by Gasteiger charge is 2.33. The Bertz CT molecular complexity index is 771. The minimum atomic E-state index is -0.125. The minimum absolute atomic E-state index is 0.125. The van der Waals surface area contributed by atoms with Crippen molar-refractivity contribution in [3.8, 4) is 0 Å². The molecule has 2 aromatic rings. The first-order chi connectivity index (χ1) is 13.1. The molecule has 0 N–H and O–H groups in total. The van der Waals surface area contributed by atoms with Gasteiger partial charge in [0.05, 0.1) is 5.69 Å². The zero-order valence-corrected chi connectivity index (χ0v) is 17.0. The summed E-state index contributed by atoms with van der Waals surface area (Å²) in [5.74, 6) is 0.430. The van der Waals surface area contributed by atoms with Gasteiger partial charge in [-0.3, -0.25) is 4.79 Å². The summed E-state index contributed by atoms with van der Waals surface area (Å²) in [4.78, 5) is 16.8. The highest BCUT2D eigenvalue weighted by molar-refractivity contribution is 6.15. The van der Waals surface area contributed by atoms with Crippen LogP contribution >= 0.6 is 11.8 Å². The highest BCUT2D eigenvalue weighted by Crippen LogP contribution is 2.43. The number of fused-ring (bicyclic) bond motifs is 1. The molecule has 0 aliphatic heterocycles. The summed E-state index contributed by atoms with van der Waals surface area (Å²) < 4.78 is 7.77. The summed E-state index contributed by atoms with van der Waals surface area (Å²) >= 11 is 6.05. The number of carbonyl (C=O) groups is 1. The molecule has 5 heteroatoms. The number of imidazole rings is 1. The fourth-order valence-corrected chi connectivity index (χ4v) is 4.07. The third kappa shape index (κ3) is 4.80. The molecule has 4 nitrogen and oxygen atoms in total. The first-order valence-electron chi connectivity index (χ1n) is 10.1. The van der Waals surface area contributed by atoms with Gasteiger partial charge in [-0.05, 0) is 42.9 Å². The van der Waals surface area contributed by atoms with Crippen LogP contribution in [-0.2, 0) is 11.2 Å². The molecule has 0 saturated heterocycles. The maximum absolute atomic E-state index is 12.4. The number of unbranched alkanes of at least 4 members (excludes halogenated alkanes) is 2. The van der Waals surface area contributed by atoms with Crippen LogP contribution < -0.4 is 0 Å². The second-order valence-electron chi connectivity index (χ2n) is 7.37. The van der Waals surface area contributed by atoms with Crippen LogP contribution in [0, 0.1) is 0 Å². The predicted molar refractivity (Wildman–Crippen MR) is 108 cm³/mol. The molecular formula is C22H29ClN2O2. The molecule has 0 amide bonds. The lowest BCUT2D eigenvalue weighted by Gasteiger charge is -2.24. The Morgan fingerprint density at radius 1 is 1.33 bits per heavy atom. The van der Waals surface area contributed by atoms with Gasteiger partial charge in [-0.25, -0.2) is 9.07 Å². The molecule has 27 heavy (non-hydrogen) atoms. The van der Waals surface area contributed by atoms with Crippen molar-refractivity contribution < 1.29 is 9.53 Å². The van der Waals surface area contributed by atoms with E-state index in [4.69, 9.17) is 16.5 Å². The van der Waals surface area contributed by atoms with E-state index in [1.165, 1.54) is 21.6 Å². The topological polar surface area (TPSA) is 44.1 Å². The molecule has 0 bridgehead atoms. The summed E-state index contributed by atoms with van der Waals surface area (Å²) in [6, 6.07) is 6.18. The van der Waals surface area contributed by atoms with Crippen LogP contribution in [0.25, 0.3) is 0 Å². The van der Waals surface area contributed by atoms with Crippen molar-refractivity contribution in [3.05, 3.63) is 53.1 Å². The molecule has 1 aliphatic carbocycles. The maximum Gasteiger partial charge on any atom is 0.162 e. The van der Waals surface area contributed by atoms with Crippen molar-refractivity contribution in [1.82, 2.24) is 9.07 Å². The monoisotopic (exact) mass is 388 g/mol. The zero-order valence-electron chi connectivity index (χ0n) is 16.3. The lowest BCUT2D eigenvalue weighted by atomic mass is 9.91. The number of ketones is 1. The van der Waals surface area contributed by atoms with Crippen LogP contribution in [0.3, 0.4) is 0 Å². The van der Waals surface area contributed by atoms with Crippen LogP contribution in [0.1, 0.15) is 91.6 Å². The van der Waals surface area contributed by atoms with E-state index in [-0.39, 0.29) is 17.8 Å². The quantitative estimate of drug-likeness (QED) is 0.379. The minimum Gasteiger partial charge on any atom is -0.371 e. The van der Waals surface area contributed by atoms with Gasteiger partial charge in [-0.2, -0.15) is 0 Å². The number of nitrogens with zero attached hydrogens (tertiary/aromatic N) is 2. The highest BCUT2D eigenvalue weighted by atomic mass is 35.5. The van der Waals surface area contributed by atoms with Gasteiger partial charge < -0.3 is 4.74 Å². The number of hydrogen-bond donors (Lipinski definition) is 0. The predicted octanol–water partition coefficient (Wildman–Crippen LogP) is 5.85. The normalized spacial score (nSPS) is 17.1. The number of aromatic nitrogens is 2. The summed E-state index contributed by atoms with van der Waals surface area (Å²) in [5, 5.41) is 0. The van der Waals surface area contributed by atoms with E-state index < -0.39 is 0 Å². The smallest absolute Gasteiger partial charge is 0.162 e. The van der Waals surface area contributed by atoms with E-state index in [1.807, 2.05) is 19.2 Å². The van der Waals surface area contributed by atoms with Crippen molar-refractivity contribution in [3.63, 3.8) is 0 Å². The molecule has 1 heterocycles. The number of halogens is 1. The standard InChI is InChI=1S/C22H29ClN2O2/c1-3-5-6-12-27-22(20-14-25(23)15-24-20)18-11-10-16-8-9-17(13-19(16)18)21(26)7-4-2/h8-9,13-15,18,22H,3-7,10-12H2,1-2H3. The third-order valence-electron chi connectivity index (χ3n) is 5.34. The number of ether oxygens (including phenoxy) is 1. The van der Waals surface area contributed by atoms with Crippen LogP contribution in [0.15, 0.2) is 30.7 Å². The van der Waals surface area contributed by atoms with Crippen LogP contribution in [0.2, 0.25) is 0 Å². The van der Waals surface area contributed by atoms with Crippen molar-refractivity contribution in [2.24, 2.45) is 0 Å². The Balaban J connectivity index is 1.85. The molecule has 0 spiro atoms. The van der Waals surface area contributed by atoms with E-state index in [0.717, 1.165) is 43.4 Å². The Labute approximate surface area is 167 Å². The molecule has 2 atom stereocenters. The molecule has 146 valence electrons. The maximum atomic E-state index is 12.4.